The van der Waals surface area contributed by atoms with Crippen molar-refractivity contribution >= 4 is 22.6 Å². The van der Waals surface area contributed by atoms with Crippen LogP contribution in [0, 0.1) is 11.6 Å². The van der Waals surface area contributed by atoms with Gasteiger partial charge in [-0.2, -0.15) is 0 Å². The average Bonchev–Trinajstić information content (AvgIpc) is 2.73. The smallest absolute Gasteiger partial charge is 0.336 e. The number of carboxylic acid groups (broad SMARTS) is 1. The van der Waals surface area contributed by atoms with Gasteiger partial charge in [0.1, 0.15) is 11.6 Å². The van der Waals surface area contributed by atoms with E-state index < -0.39 is 17.6 Å². The Bertz CT molecular complexity index is 1250. The summed E-state index contributed by atoms with van der Waals surface area (Å²) in [5, 5.41) is 12.9. The molecule has 6 heteroatoms. The molecule has 0 aliphatic carbocycles. The molecule has 0 fully saturated rings. The first kappa shape index (κ1) is 19.5. The number of pyridine rings is 1. The molecule has 30 heavy (non-hydrogen) atoms. The summed E-state index contributed by atoms with van der Waals surface area (Å²) in [5.41, 5.74) is 3.11. The number of carbonyl (C=O) groups is 1. The molecule has 3 aromatic carbocycles. The minimum absolute atomic E-state index is 0.0852. The molecule has 150 valence electrons. The van der Waals surface area contributed by atoms with Crippen molar-refractivity contribution in [1.82, 2.24) is 4.98 Å². The number of nitrogens with one attached hydrogen (secondary N) is 1. The summed E-state index contributed by atoms with van der Waals surface area (Å²) in [7, 11) is 0. The SMILES string of the molecule is CCNc1ccc(-c2ccc(-c3cc(C(=O)O)c4cc(F)ccc4n3)cc2F)cc1. The highest BCUT2D eigenvalue weighted by atomic mass is 19.1. The monoisotopic (exact) mass is 404 g/mol. The lowest BCUT2D eigenvalue weighted by Crippen LogP contribution is -2.01. The molecule has 0 atom stereocenters. The van der Waals surface area contributed by atoms with Gasteiger partial charge < -0.3 is 10.4 Å². The van der Waals surface area contributed by atoms with Gasteiger partial charge in [-0.1, -0.05) is 24.3 Å². The molecule has 4 nitrogen and oxygen atoms in total. The van der Waals surface area contributed by atoms with Crippen LogP contribution >= 0.6 is 0 Å². The quantitative estimate of drug-likeness (QED) is 0.430. The van der Waals surface area contributed by atoms with Crippen LogP contribution in [0.1, 0.15) is 17.3 Å². The molecule has 1 heterocycles. The van der Waals surface area contributed by atoms with Gasteiger partial charge in [0, 0.05) is 28.7 Å². The van der Waals surface area contributed by atoms with E-state index in [1.54, 1.807) is 12.1 Å². The maximum absolute atomic E-state index is 14.9. The largest absolute Gasteiger partial charge is 0.478 e. The number of nitrogens with zero attached hydrogens (tertiary/aromatic N) is 1. The third kappa shape index (κ3) is 3.72. The number of carboxylic acids is 1. The van der Waals surface area contributed by atoms with E-state index in [1.807, 2.05) is 31.2 Å². The van der Waals surface area contributed by atoms with Crippen molar-refractivity contribution in [3.05, 3.63) is 83.9 Å². The van der Waals surface area contributed by atoms with Gasteiger partial charge in [0.05, 0.1) is 16.8 Å². The van der Waals surface area contributed by atoms with Crippen LogP contribution in [-0.2, 0) is 0 Å². The predicted molar refractivity (Wildman–Crippen MR) is 114 cm³/mol. The molecule has 0 saturated heterocycles. The molecule has 0 radical (unpaired) electrons. The summed E-state index contributed by atoms with van der Waals surface area (Å²) < 4.78 is 28.4. The lowest BCUT2D eigenvalue weighted by molar-refractivity contribution is 0.0699. The molecule has 1 aromatic heterocycles. The van der Waals surface area contributed by atoms with E-state index in [1.165, 1.54) is 24.3 Å². The van der Waals surface area contributed by atoms with Crippen molar-refractivity contribution in [2.75, 3.05) is 11.9 Å². The molecule has 4 aromatic rings. The maximum Gasteiger partial charge on any atom is 0.336 e. The normalized spacial score (nSPS) is 10.9. The van der Waals surface area contributed by atoms with Gasteiger partial charge in [0.15, 0.2) is 0 Å². The highest BCUT2D eigenvalue weighted by Gasteiger charge is 2.15. The zero-order valence-electron chi connectivity index (χ0n) is 16.1. The Morgan fingerprint density at radius 2 is 1.70 bits per heavy atom. The topological polar surface area (TPSA) is 62.2 Å². The van der Waals surface area contributed by atoms with E-state index in [0.717, 1.165) is 23.9 Å². The third-order valence-electron chi connectivity index (χ3n) is 4.84. The van der Waals surface area contributed by atoms with E-state index in [0.29, 0.717) is 22.3 Å². The molecule has 0 unspecified atom stereocenters. The summed E-state index contributed by atoms with van der Waals surface area (Å²) in [6, 6.07) is 17.2. The number of fused-ring (bicyclic) bond motifs is 1. The third-order valence-corrected chi connectivity index (χ3v) is 4.84. The average molecular weight is 404 g/mol. The number of aromatic carboxylic acids is 1. The summed E-state index contributed by atoms with van der Waals surface area (Å²) >= 11 is 0. The van der Waals surface area contributed by atoms with Gasteiger partial charge in [0.25, 0.3) is 0 Å². The Hall–Kier alpha value is -3.80. The molecular formula is C24H18F2N2O2. The standard InChI is InChI=1S/C24H18F2N2O2/c1-2-27-17-7-3-14(4-8-17)18-9-5-15(11-21(18)26)23-13-20(24(29)30)19-12-16(25)6-10-22(19)28-23/h3-13,27H,2H2,1H3,(H,29,30). The Morgan fingerprint density at radius 3 is 2.37 bits per heavy atom. The van der Waals surface area contributed by atoms with Gasteiger partial charge in [-0.05, 0) is 55.0 Å². The van der Waals surface area contributed by atoms with Crippen LogP contribution in [0.5, 0.6) is 0 Å². The van der Waals surface area contributed by atoms with Crippen molar-refractivity contribution in [3.63, 3.8) is 0 Å². The van der Waals surface area contributed by atoms with Crippen molar-refractivity contribution in [1.29, 1.82) is 0 Å². The second-order valence-electron chi connectivity index (χ2n) is 6.82. The number of hydrogen-bond donors (Lipinski definition) is 2. The number of hydrogen-bond acceptors (Lipinski definition) is 3. The van der Waals surface area contributed by atoms with Crippen molar-refractivity contribution in [3.8, 4) is 22.4 Å². The van der Waals surface area contributed by atoms with E-state index in [-0.39, 0.29) is 10.9 Å². The van der Waals surface area contributed by atoms with E-state index in [9.17, 15) is 18.7 Å². The number of benzene rings is 3. The molecule has 0 aliphatic heterocycles. The molecule has 0 aliphatic rings. The lowest BCUT2D eigenvalue weighted by atomic mass is 10.00. The number of halogens is 2. The number of rotatable bonds is 5. The van der Waals surface area contributed by atoms with E-state index in [4.69, 9.17) is 0 Å². The Kier molecular flexibility index (Phi) is 5.14. The fraction of sp³-hybridized carbons (Fsp3) is 0.0833. The molecule has 0 spiro atoms. The number of aromatic nitrogens is 1. The second kappa shape index (κ2) is 7.91. The minimum atomic E-state index is -1.20. The van der Waals surface area contributed by atoms with Crippen LogP contribution in [0.2, 0.25) is 0 Å². The molecule has 0 saturated carbocycles. The zero-order valence-corrected chi connectivity index (χ0v) is 16.1. The highest BCUT2D eigenvalue weighted by molar-refractivity contribution is 6.03. The van der Waals surface area contributed by atoms with Crippen LogP contribution in [0.4, 0.5) is 14.5 Å². The fourth-order valence-electron chi connectivity index (χ4n) is 3.40. The maximum atomic E-state index is 14.9. The van der Waals surface area contributed by atoms with Crippen molar-refractivity contribution < 1.29 is 18.7 Å². The van der Waals surface area contributed by atoms with Crippen LogP contribution in [0.15, 0.2) is 66.7 Å². The molecule has 0 bridgehead atoms. The Balaban J connectivity index is 1.76. The van der Waals surface area contributed by atoms with Gasteiger partial charge in [-0.3, -0.25) is 0 Å². The molecule has 0 amide bonds. The first-order chi connectivity index (χ1) is 14.5. The summed E-state index contributed by atoms with van der Waals surface area (Å²) in [6.07, 6.45) is 0. The van der Waals surface area contributed by atoms with Crippen LogP contribution in [0.25, 0.3) is 33.3 Å². The van der Waals surface area contributed by atoms with Gasteiger partial charge in [-0.25, -0.2) is 18.6 Å². The zero-order chi connectivity index (χ0) is 21.3. The Morgan fingerprint density at radius 1 is 0.967 bits per heavy atom. The van der Waals surface area contributed by atoms with Crippen molar-refractivity contribution in [2.24, 2.45) is 0 Å². The first-order valence-electron chi connectivity index (χ1n) is 9.44. The fourth-order valence-corrected chi connectivity index (χ4v) is 3.40. The van der Waals surface area contributed by atoms with Gasteiger partial charge in [-0.15, -0.1) is 0 Å². The van der Waals surface area contributed by atoms with E-state index >= 15 is 0 Å². The molecular weight excluding hydrogens is 386 g/mol. The second-order valence-corrected chi connectivity index (χ2v) is 6.82. The van der Waals surface area contributed by atoms with Crippen LogP contribution in [-0.4, -0.2) is 22.6 Å². The molecule has 2 N–H and O–H groups in total. The van der Waals surface area contributed by atoms with E-state index in [2.05, 4.69) is 10.3 Å². The number of anilines is 1. The van der Waals surface area contributed by atoms with Crippen LogP contribution < -0.4 is 5.32 Å². The van der Waals surface area contributed by atoms with Gasteiger partial charge in [0.2, 0.25) is 0 Å². The highest BCUT2D eigenvalue weighted by Crippen LogP contribution is 2.30. The predicted octanol–water partition coefficient (Wildman–Crippen LogP) is 5.98. The summed E-state index contributed by atoms with van der Waals surface area (Å²) in [4.78, 5) is 16.1. The summed E-state index contributed by atoms with van der Waals surface area (Å²) in [5.74, 6) is -2.19. The minimum Gasteiger partial charge on any atom is -0.478 e. The van der Waals surface area contributed by atoms with Crippen LogP contribution in [0.3, 0.4) is 0 Å². The summed E-state index contributed by atoms with van der Waals surface area (Å²) in [6.45, 7) is 2.80. The Labute approximate surface area is 171 Å². The van der Waals surface area contributed by atoms with Crippen molar-refractivity contribution in [2.45, 2.75) is 6.92 Å². The first-order valence-corrected chi connectivity index (χ1v) is 9.44. The molecule has 4 rings (SSSR count). The van der Waals surface area contributed by atoms with Gasteiger partial charge >= 0.3 is 5.97 Å². The lowest BCUT2D eigenvalue weighted by Gasteiger charge is -2.10.